The van der Waals surface area contributed by atoms with Crippen LogP contribution in [-0.2, 0) is 0 Å². The Labute approximate surface area is 147 Å². The molecule has 4 rings (SSSR count). The SMILES string of the molecule is C[NH+]1CCN(c2nc(-c3ccccc3)c(-c3ccccc3)s2)CC1. The fourth-order valence-electron chi connectivity index (χ4n) is 3.10. The summed E-state index contributed by atoms with van der Waals surface area (Å²) in [4.78, 5) is 10.4. The Bertz CT molecular complexity index is 733. The monoisotopic (exact) mass is 336 g/mol. The van der Waals surface area contributed by atoms with Gasteiger partial charge in [-0.15, -0.1) is 0 Å². The van der Waals surface area contributed by atoms with Gasteiger partial charge >= 0.3 is 0 Å². The summed E-state index contributed by atoms with van der Waals surface area (Å²) in [6.45, 7) is 4.53. The molecule has 0 bridgehead atoms. The molecule has 122 valence electrons. The highest BCUT2D eigenvalue weighted by Crippen LogP contribution is 2.40. The van der Waals surface area contributed by atoms with Crippen molar-refractivity contribution < 1.29 is 4.90 Å². The summed E-state index contributed by atoms with van der Waals surface area (Å²) in [6, 6.07) is 21.2. The van der Waals surface area contributed by atoms with E-state index in [0.717, 1.165) is 23.9 Å². The predicted molar refractivity (Wildman–Crippen MR) is 102 cm³/mol. The summed E-state index contributed by atoms with van der Waals surface area (Å²) in [6.07, 6.45) is 0. The fourth-order valence-corrected chi connectivity index (χ4v) is 4.25. The molecular weight excluding hydrogens is 314 g/mol. The molecule has 2 aromatic carbocycles. The number of piperazine rings is 1. The third kappa shape index (κ3) is 3.07. The molecule has 0 atom stereocenters. The first kappa shape index (κ1) is 15.4. The zero-order valence-corrected chi connectivity index (χ0v) is 14.7. The van der Waals surface area contributed by atoms with Gasteiger partial charge in [0.1, 0.15) is 0 Å². The number of hydrogen-bond donors (Lipinski definition) is 1. The Hall–Kier alpha value is -2.17. The average molecular weight is 336 g/mol. The number of likely N-dealkylation sites (N-methyl/N-ethyl adjacent to an activating group) is 1. The summed E-state index contributed by atoms with van der Waals surface area (Å²) < 4.78 is 0. The molecule has 24 heavy (non-hydrogen) atoms. The quantitative estimate of drug-likeness (QED) is 0.794. The fraction of sp³-hybridized carbons (Fsp3) is 0.250. The van der Waals surface area contributed by atoms with Gasteiger partial charge in [0.2, 0.25) is 0 Å². The number of anilines is 1. The third-order valence-electron chi connectivity index (χ3n) is 4.59. The van der Waals surface area contributed by atoms with Crippen LogP contribution in [0.1, 0.15) is 0 Å². The second-order valence-corrected chi connectivity index (χ2v) is 7.33. The Morgan fingerprint density at radius 3 is 2.08 bits per heavy atom. The first-order valence-electron chi connectivity index (χ1n) is 8.49. The van der Waals surface area contributed by atoms with Crippen molar-refractivity contribution in [3.8, 4) is 21.7 Å². The molecule has 1 saturated heterocycles. The number of nitrogens with zero attached hydrogens (tertiary/aromatic N) is 2. The molecule has 0 unspecified atom stereocenters. The van der Waals surface area contributed by atoms with Crippen LogP contribution in [-0.4, -0.2) is 38.2 Å². The van der Waals surface area contributed by atoms with Crippen LogP contribution in [0.5, 0.6) is 0 Å². The normalized spacial score (nSPS) is 15.6. The third-order valence-corrected chi connectivity index (χ3v) is 5.75. The van der Waals surface area contributed by atoms with E-state index in [9.17, 15) is 0 Å². The van der Waals surface area contributed by atoms with Crippen molar-refractivity contribution in [2.75, 3.05) is 38.1 Å². The van der Waals surface area contributed by atoms with E-state index in [4.69, 9.17) is 4.98 Å². The van der Waals surface area contributed by atoms with E-state index in [-0.39, 0.29) is 0 Å². The van der Waals surface area contributed by atoms with Gasteiger partial charge in [-0.1, -0.05) is 72.0 Å². The lowest BCUT2D eigenvalue weighted by molar-refractivity contribution is -0.880. The molecule has 3 aromatic rings. The van der Waals surface area contributed by atoms with E-state index in [1.165, 1.54) is 29.1 Å². The number of quaternary nitrogens is 1. The molecule has 0 amide bonds. The summed E-state index contributed by atoms with van der Waals surface area (Å²) >= 11 is 1.82. The topological polar surface area (TPSA) is 20.6 Å². The summed E-state index contributed by atoms with van der Waals surface area (Å²) in [7, 11) is 2.27. The van der Waals surface area contributed by atoms with E-state index < -0.39 is 0 Å². The maximum absolute atomic E-state index is 5.04. The lowest BCUT2D eigenvalue weighted by atomic mass is 10.1. The van der Waals surface area contributed by atoms with Gasteiger partial charge in [-0.25, -0.2) is 4.98 Å². The van der Waals surface area contributed by atoms with Gasteiger partial charge in [0.15, 0.2) is 5.13 Å². The summed E-state index contributed by atoms with van der Waals surface area (Å²) in [5.41, 5.74) is 3.55. The Balaban J connectivity index is 1.76. The molecular formula is C20H22N3S+. The van der Waals surface area contributed by atoms with Gasteiger partial charge in [0, 0.05) is 5.56 Å². The van der Waals surface area contributed by atoms with Crippen LogP contribution in [0.3, 0.4) is 0 Å². The van der Waals surface area contributed by atoms with E-state index in [1.807, 2.05) is 11.3 Å². The van der Waals surface area contributed by atoms with E-state index in [1.54, 1.807) is 4.90 Å². The summed E-state index contributed by atoms with van der Waals surface area (Å²) in [5, 5.41) is 1.15. The molecule has 1 aliphatic heterocycles. The molecule has 4 heteroatoms. The van der Waals surface area contributed by atoms with Gasteiger partial charge < -0.3 is 9.80 Å². The Kier molecular flexibility index (Phi) is 4.32. The molecule has 0 radical (unpaired) electrons. The molecule has 3 nitrogen and oxygen atoms in total. The summed E-state index contributed by atoms with van der Waals surface area (Å²) in [5.74, 6) is 0. The maximum Gasteiger partial charge on any atom is 0.186 e. The minimum absolute atomic E-state index is 1.09. The molecule has 0 saturated carbocycles. The van der Waals surface area contributed by atoms with Crippen LogP contribution >= 0.6 is 11.3 Å². The van der Waals surface area contributed by atoms with Gasteiger partial charge in [-0.3, -0.25) is 0 Å². The lowest BCUT2D eigenvalue weighted by Gasteiger charge is -2.29. The molecule has 1 fully saturated rings. The minimum atomic E-state index is 1.09. The molecule has 0 aliphatic carbocycles. The predicted octanol–water partition coefficient (Wildman–Crippen LogP) is 2.81. The van der Waals surface area contributed by atoms with Crippen molar-refractivity contribution in [3.63, 3.8) is 0 Å². The number of rotatable bonds is 3. The number of aromatic nitrogens is 1. The molecule has 0 spiro atoms. The number of hydrogen-bond acceptors (Lipinski definition) is 3. The second-order valence-electron chi connectivity index (χ2n) is 6.35. The number of nitrogens with one attached hydrogen (secondary N) is 1. The molecule has 2 heterocycles. The van der Waals surface area contributed by atoms with E-state index in [0.29, 0.717) is 0 Å². The van der Waals surface area contributed by atoms with Gasteiger partial charge in [0.05, 0.1) is 43.8 Å². The molecule has 1 N–H and O–H groups in total. The van der Waals surface area contributed by atoms with Crippen LogP contribution < -0.4 is 9.80 Å². The number of benzene rings is 2. The van der Waals surface area contributed by atoms with Crippen molar-refractivity contribution in [2.45, 2.75) is 0 Å². The smallest absolute Gasteiger partial charge is 0.186 e. The minimum Gasteiger partial charge on any atom is -0.337 e. The van der Waals surface area contributed by atoms with Crippen LogP contribution in [0.2, 0.25) is 0 Å². The van der Waals surface area contributed by atoms with Crippen LogP contribution in [0, 0.1) is 0 Å². The average Bonchev–Trinajstić information content (AvgIpc) is 3.09. The largest absolute Gasteiger partial charge is 0.337 e. The zero-order valence-electron chi connectivity index (χ0n) is 13.9. The van der Waals surface area contributed by atoms with Crippen molar-refractivity contribution in [3.05, 3.63) is 60.7 Å². The number of thiazole rings is 1. The van der Waals surface area contributed by atoms with Crippen LogP contribution in [0.4, 0.5) is 5.13 Å². The van der Waals surface area contributed by atoms with Crippen molar-refractivity contribution >= 4 is 16.5 Å². The van der Waals surface area contributed by atoms with Crippen molar-refractivity contribution in [1.82, 2.24) is 4.98 Å². The van der Waals surface area contributed by atoms with Crippen LogP contribution in [0.25, 0.3) is 21.7 Å². The zero-order chi connectivity index (χ0) is 16.4. The van der Waals surface area contributed by atoms with E-state index >= 15 is 0 Å². The van der Waals surface area contributed by atoms with Crippen molar-refractivity contribution in [1.29, 1.82) is 0 Å². The van der Waals surface area contributed by atoms with Gasteiger partial charge in [-0.05, 0) is 5.56 Å². The first-order chi connectivity index (χ1) is 11.8. The maximum atomic E-state index is 5.04. The van der Waals surface area contributed by atoms with Gasteiger partial charge in [0.25, 0.3) is 0 Å². The molecule has 1 aliphatic rings. The molecule has 1 aromatic heterocycles. The first-order valence-corrected chi connectivity index (χ1v) is 9.31. The lowest BCUT2D eigenvalue weighted by Crippen LogP contribution is -3.12. The standard InChI is InChI=1S/C20H21N3S/c1-22-12-14-23(15-13-22)20-21-18(16-8-4-2-5-9-16)19(24-20)17-10-6-3-7-11-17/h2-11H,12-15H2,1H3/p+1. The Morgan fingerprint density at radius 2 is 1.46 bits per heavy atom. The van der Waals surface area contributed by atoms with Crippen LogP contribution in [0.15, 0.2) is 60.7 Å². The van der Waals surface area contributed by atoms with E-state index in [2.05, 4.69) is 72.6 Å². The highest BCUT2D eigenvalue weighted by Gasteiger charge is 2.22. The van der Waals surface area contributed by atoms with Gasteiger partial charge in [-0.2, -0.15) is 0 Å². The Morgan fingerprint density at radius 1 is 0.875 bits per heavy atom. The highest BCUT2D eigenvalue weighted by atomic mass is 32.1. The van der Waals surface area contributed by atoms with Crippen molar-refractivity contribution in [2.24, 2.45) is 0 Å². The highest BCUT2D eigenvalue weighted by molar-refractivity contribution is 7.19. The second kappa shape index (κ2) is 6.75.